The Hall–Kier alpha value is -3.71. The molecule has 1 saturated heterocycles. The molecular formula is C28H28N4O3. The lowest BCUT2D eigenvalue weighted by Crippen LogP contribution is -2.19. The van der Waals surface area contributed by atoms with E-state index in [9.17, 15) is 4.79 Å². The number of fused-ring (bicyclic) bond motifs is 2. The van der Waals surface area contributed by atoms with Crippen LogP contribution >= 0.6 is 0 Å². The summed E-state index contributed by atoms with van der Waals surface area (Å²) in [6.45, 7) is 2.23. The van der Waals surface area contributed by atoms with Gasteiger partial charge in [0.15, 0.2) is 0 Å². The normalized spacial score (nSPS) is 21.2. The first-order chi connectivity index (χ1) is 17.2. The maximum atomic E-state index is 12.3. The van der Waals surface area contributed by atoms with Gasteiger partial charge in [-0.2, -0.15) is 0 Å². The quantitative estimate of drug-likeness (QED) is 0.383. The number of hydrogen-bond acceptors (Lipinski definition) is 6. The standard InChI is InChI=1S/C28H28N4O3/c1-18-6-8-20(9-7-18)28(33)34-16-21-11-13-25(35-21)32-15-14-23-26(29-17-30-27(23)32)31-24-12-10-19-4-2-3-5-22(19)24/h2-9,14-15,17,21,24-25H,10-13,16H2,1H3,(H,29,30,31)/t21-,24+,25-/m1/s1. The van der Waals surface area contributed by atoms with Crippen LogP contribution in [0.1, 0.15) is 58.6 Å². The fourth-order valence-corrected chi connectivity index (χ4v) is 5.15. The number of benzene rings is 2. The van der Waals surface area contributed by atoms with Crippen molar-refractivity contribution >= 4 is 22.8 Å². The number of anilines is 1. The highest BCUT2D eigenvalue weighted by Crippen LogP contribution is 2.36. The van der Waals surface area contributed by atoms with E-state index in [0.717, 1.165) is 48.1 Å². The van der Waals surface area contributed by atoms with Crippen molar-refractivity contribution in [3.05, 3.63) is 89.4 Å². The highest BCUT2D eigenvalue weighted by Gasteiger charge is 2.29. The lowest BCUT2D eigenvalue weighted by atomic mass is 10.1. The number of carbonyl (C=O) groups excluding carboxylic acids is 1. The van der Waals surface area contributed by atoms with Crippen LogP contribution in [-0.4, -0.2) is 33.2 Å². The van der Waals surface area contributed by atoms with Crippen LogP contribution in [0, 0.1) is 6.92 Å². The van der Waals surface area contributed by atoms with Crippen LogP contribution in [0.25, 0.3) is 11.0 Å². The monoisotopic (exact) mass is 468 g/mol. The Bertz CT molecular complexity index is 1360. The average Bonchev–Trinajstić information content (AvgIpc) is 3.62. The van der Waals surface area contributed by atoms with Crippen molar-refractivity contribution in [3.63, 3.8) is 0 Å². The second-order valence-corrected chi connectivity index (χ2v) is 9.37. The molecule has 0 amide bonds. The molecule has 0 bridgehead atoms. The topological polar surface area (TPSA) is 78.3 Å². The highest BCUT2D eigenvalue weighted by atomic mass is 16.6. The van der Waals surface area contributed by atoms with Crippen molar-refractivity contribution in [2.45, 2.75) is 51.0 Å². The summed E-state index contributed by atoms with van der Waals surface area (Å²) in [6.07, 6.45) is 7.12. The first-order valence-electron chi connectivity index (χ1n) is 12.2. The van der Waals surface area contributed by atoms with Gasteiger partial charge in [-0.1, -0.05) is 42.0 Å². The van der Waals surface area contributed by atoms with Gasteiger partial charge in [0.05, 0.1) is 23.1 Å². The van der Waals surface area contributed by atoms with Crippen LogP contribution < -0.4 is 5.32 Å². The summed E-state index contributed by atoms with van der Waals surface area (Å²) in [4.78, 5) is 21.5. The Kier molecular flexibility index (Phi) is 5.70. The summed E-state index contributed by atoms with van der Waals surface area (Å²) < 4.78 is 13.8. The van der Waals surface area contributed by atoms with Crippen molar-refractivity contribution in [1.29, 1.82) is 0 Å². The van der Waals surface area contributed by atoms with Crippen LogP contribution in [-0.2, 0) is 15.9 Å². The van der Waals surface area contributed by atoms with Crippen molar-refractivity contribution in [2.24, 2.45) is 0 Å². The predicted octanol–water partition coefficient (Wildman–Crippen LogP) is 5.37. The van der Waals surface area contributed by atoms with Crippen LogP contribution in [0.3, 0.4) is 0 Å². The minimum absolute atomic E-state index is 0.138. The summed E-state index contributed by atoms with van der Waals surface area (Å²) in [6, 6.07) is 18.3. The van der Waals surface area contributed by atoms with Gasteiger partial charge in [-0.25, -0.2) is 14.8 Å². The largest absolute Gasteiger partial charge is 0.459 e. The molecule has 0 saturated carbocycles. The molecule has 1 aliphatic heterocycles. The zero-order valence-electron chi connectivity index (χ0n) is 19.7. The van der Waals surface area contributed by atoms with E-state index in [2.05, 4.69) is 44.1 Å². The fourth-order valence-electron chi connectivity index (χ4n) is 5.15. The van der Waals surface area contributed by atoms with Gasteiger partial charge in [0.2, 0.25) is 0 Å². The number of ether oxygens (including phenoxy) is 2. The molecule has 2 aromatic heterocycles. The van der Waals surface area contributed by atoms with Gasteiger partial charge in [-0.3, -0.25) is 0 Å². The smallest absolute Gasteiger partial charge is 0.338 e. The van der Waals surface area contributed by atoms with E-state index in [4.69, 9.17) is 9.47 Å². The van der Waals surface area contributed by atoms with Gasteiger partial charge in [0.1, 0.15) is 30.6 Å². The van der Waals surface area contributed by atoms with Crippen LogP contribution in [0.4, 0.5) is 5.82 Å². The maximum absolute atomic E-state index is 12.3. The lowest BCUT2D eigenvalue weighted by molar-refractivity contribution is -0.0307. The van der Waals surface area contributed by atoms with E-state index in [0.29, 0.717) is 5.56 Å². The molecule has 4 aromatic rings. The van der Waals surface area contributed by atoms with Gasteiger partial charge in [0, 0.05) is 6.20 Å². The predicted molar refractivity (Wildman–Crippen MR) is 133 cm³/mol. The maximum Gasteiger partial charge on any atom is 0.338 e. The van der Waals surface area contributed by atoms with Crippen molar-refractivity contribution in [3.8, 4) is 0 Å². The SMILES string of the molecule is Cc1ccc(C(=O)OC[C@H]2CC[C@H](n3ccc4c(N[C@H]5CCc6ccccc65)ncnc43)O2)cc1. The molecule has 2 aromatic carbocycles. The molecule has 35 heavy (non-hydrogen) atoms. The Labute approximate surface area is 204 Å². The number of nitrogens with zero attached hydrogens (tertiary/aromatic N) is 3. The van der Waals surface area contributed by atoms with Crippen LogP contribution in [0.15, 0.2) is 67.1 Å². The molecule has 6 rings (SSSR count). The molecule has 0 radical (unpaired) electrons. The molecule has 7 heteroatoms. The lowest BCUT2D eigenvalue weighted by Gasteiger charge is -2.17. The number of carbonyl (C=O) groups is 1. The summed E-state index contributed by atoms with van der Waals surface area (Å²) in [7, 11) is 0. The van der Waals surface area contributed by atoms with Crippen LogP contribution in [0.5, 0.6) is 0 Å². The number of esters is 1. The highest BCUT2D eigenvalue weighted by molar-refractivity contribution is 5.89. The Morgan fingerprint density at radius 2 is 1.94 bits per heavy atom. The second kappa shape index (κ2) is 9.15. The molecule has 3 atom stereocenters. The van der Waals surface area contributed by atoms with Gasteiger partial charge >= 0.3 is 5.97 Å². The van der Waals surface area contributed by atoms with E-state index in [1.807, 2.05) is 31.3 Å². The second-order valence-electron chi connectivity index (χ2n) is 9.37. The van der Waals surface area contributed by atoms with E-state index < -0.39 is 0 Å². The van der Waals surface area contributed by atoms with Gasteiger partial charge in [-0.15, -0.1) is 0 Å². The Morgan fingerprint density at radius 3 is 2.83 bits per heavy atom. The third-order valence-electron chi connectivity index (χ3n) is 7.04. The van der Waals surface area contributed by atoms with Crippen molar-refractivity contribution < 1.29 is 14.3 Å². The zero-order chi connectivity index (χ0) is 23.8. The molecule has 7 nitrogen and oxygen atoms in total. The van der Waals surface area contributed by atoms with Gasteiger partial charge in [-0.05, 0) is 61.9 Å². The number of rotatable bonds is 6. The minimum Gasteiger partial charge on any atom is -0.459 e. The number of nitrogens with one attached hydrogen (secondary N) is 1. The molecule has 0 spiro atoms. The molecule has 178 valence electrons. The summed E-state index contributed by atoms with van der Waals surface area (Å²) >= 11 is 0. The first kappa shape index (κ1) is 21.8. The van der Waals surface area contributed by atoms with Crippen molar-refractivity contribution in [2.75, 3.05) is 11.9 Å². The molecule has 1 aliphatic carbocycles. The summed E-state index contributed by atoms with van der Waals surface area (Å²) in [5.74, 6) is 0.525. The Balaban J connectivity index is 1.13. The van der Waals surface area contributed by atoms with E-state index in [-0.39, 0.29) is 30.9 Å². The van der Waals surface area contributed by atoms with E-state index >= 15 is 0 Å². The fraction of sp³-hybridized carbons (Fsp3) is 0.321. The molecule has 2 aliphatic rings. The summed E-state index contributed by atoms with van der Waals surface area (Å²) in [5, 5.41) is 4.62. The molecule has 0 unspecified atom stereocenters. The Morgan fingerprint density at radius 1 is 1.09 bits per heavy atom. The van der Waals surface area contributed by atoms with Crippen molar-refractivity contribution in [1.82, 2.24) is 14.5 Å². The molecule has 1 fully saturated rings. The summed E-state index contributed by atoms with van der Waals surface area (Å²) in [5.41, 5.74) is 5.26. The third-order valence-corrected chi connectivity index (χ3v) is 7.04. The average molecular weight is 469 g/mol. The number of aromatic nitrogens is 3. The minimum atomic E-state index is -0.319. The van der Waals surface area contributed by atoms with Crippen LogP contribution in [0.2, 0.25) is 0 Å². The zero-order valence-corrected chi connectivity index (χ0v) is 19.7. The number of aryl methyl sites for hydroxylation is 2. The first-order valence-corrected chi connectivity index (χ1v) is 12.2. The van der Waals surface area contributed by atoms with E-state index in [1.54, 1.807) is 18.5 Å². The van der Waals surface area contributed by atoms with E-state index in [1.165, 1.54) is 11.1 Å². The third kappa shape index (κ3) is 4.28. The van der Waals surface area contributed by atoms with Gasteiger partial charge < -0.3 is 19.4 Å². The molecule has 3 heterocycles. The molecule has 1 N–H and O–H groups in total. The molecular weight excluding hydrogens is 440 g/mol. The number of hydrogen-bond donors (Lipinski definition) is 1. The van der Waals surface area contributed by atoms with Gasteiger partial charge in [0.25, 0.3) is 0 Å².